The number of methoxy groups -OCH3 is 1. The lowest BCUT2D eigenvalue weighted by Gasteiger charge is -2.16. The number of halogens is 2. The van der Waals surface area contributed by atoms with E-state index in [0.29, 0.717) is 12.3 Å². The zero-order valence-electron chi connectivity index (χ0n) is 12.5. The van der Waals surface area contributed by atoms with Gasteiger partial charge in [-0.2, -0.15) is 0 Å². The summed E-state index contributed by atoms with van der Waals surface area (Å²) in [5, 5.41) is 0.554. The molecule has 1 unspecified atom stereocenters. The summed E-state index contributed by atoms with van der Waals surface area (Å²) < 4.78 is 10.4. The van der Waals surface area contributed by atoms with E-state index in [4.69, 9.17) is 27.7 Å². The predicted octanol–water partition coefficient (Wildman–Crippen LogP) is 5.59. The molecule has 0 saturated carbocycles. The normalized spacial score (nSPS) is 12.9. The van der Waals surface area contributed by atoms with E-state index in [9.17, 15) is 4.79 Å². The predicted molar refractivity (Wildman–Crippen MR) is 90.5 cm³/mol. The van der Waals surface area contributed by atoms with E-state index < -0.39 is 14.1 Å². The molecular weight excluding hydrogens is 330 g/mol. The molecule has 21 heavy (non-hydrogen) atoms. The van der Waals surface area contributed by atoms with Gasteiger partial charge in [-0.1, -0.05) is 43.1 Å². The summed E-state index contributed by atoms with van der Waals surface area (Å²) in [5.74, 6) is 1.49. The largest absolute Gasteiger partial charge is 0.465 e. The fourth-order valence-electron chi connectivity index (χ4n) is 1.66. The second-order valence-electron chi connectivity index (χ2n) is 4.54. The van der Waals surface area contributed by atoms with Gasteiger partial charge in [-0.3, -0.25) is 0 Å². The molecule has 0 heterocycles. The Morgan fingerprint density at radius 2 is 1.90 bits per heavy atom. The molecular formula is C15H19Cl2O3P. The van der Waals surface area contributed by atoms with Crippen LogP contribution in [-0.2, 0) is 9.26 Å². The van der Waals surface area contributed by atoms with E-state index in [1.54, 1.807) is 12.1 Å². The quantitative estimate of drug-likeness (QED) is 0.496. The Bertz CT molecular complexity index is 507. The van der Waals surface area contributed by atoms with Crippen molar-refractivity contribution in [1.82, 2.24) is 0 Å². The summed E-state index contributed by atoms with van der Waals surface area (Å²) in [4.78, 5) is 11.6. The van der Waals surface area contributed by atoms with E-state index in [1.165, 1.54) is 7.11 Å². The first-order chi connectivity index (χ1) is 9.90. The zero-order chi connectivity index (χ0) is 16.0. The number of esters is 1. The molecule has 0 N–H and O–H groups in total. The molecule has 0 bridgehead atoms. The molecule has 0 saturated heterocycles. The Morgan fingerprint density at radius 1 is 1.33 bits per heavy atom. The standard InChI is InChI=1S/C15H19Cl2O3P/c1-5-20-21(10(2)3)7-6-11-8-12(16)14(13(17)9-11)15(18)19-4/h6-10H,5H2,1-4H3/b7-6+. The van der Waals surface area contributed by atoms with Crippen LogP contribution in [0.3, 0.4) is 0 Å². The van der Waals surface area contributed by atoms with Crippen molar-refractivity contribution in [3.63, 3.8) is 0 Å². The van der Waals surface area contributed by atoms with Crippen molar-refractivity contribution in [3.05, 3.63) is 39.1 Å². The van der Waals surface area contributed by atoms with Gasteiger partial charge in [0.15, 0.2) is 0 Å². The molecule has 0 spiro atoms. The average molecular weight is 349 g/mol. The fourth-order valence-corrected chi connectivity index (χ4v) is 3.66. The number of carbonyl (C=O) groups is 1. The van der Waals surface area contributed by atoms with Gasteiger partial charge in [-0.25, -0.2) is 4.79 Å². The number of rotatable bonds is 6. The molecule has 0 radical (unpaired) electrons. The van der Waals surface area contributed by atoms with E-state index in [0.717, 1.165) is 5.56 Å². The molecule has 0 fully saturated rings. The molecule has 1 aromatic carbocycles. The maximum absolute atomic E-state index is 11.6. The van der Waals surface area contributed by atoms with E-state index in [2.05, 4.69) is 18.6 Å². The molecule has 1 atom stereocenters. The van der Waals surface area contributed by atoms with Crippen molar-refractivity contribution >= 4 is 43.4 Å². The third-order valence-electron chi connectivity index (χ3n) is 2.65. The van der Waals surface area contributed by atoms with Gasteiger partial charge in [0.2, 0.25) is 0 Å². The smallest absolute Gasteiger partial charge is 0.340 e. The first-order valence-corrected chi connectivity index (χ1v) is 8.72. The second-order valence-corrected chi connectivity index (χ2v) is 7.66. The van der Waals surface area contributed by atoms with Crippen molar-refractivity contribution in [2.45, 2.75) is 26.4 Å². The van der Waals surface area contributed by atoms with Crippen LogP contribution in [0.25, 0.3) is 6.08 Å². The number of hydrogen-bond donors (Lipinski definition) is 0. The molecule has 116 valence electrons. The van der Waals surface area contributed by atoms with Crippen LogP contribution in [0.1, 0.15) is 36.7 Å². The third kappa shape index (κ3) is 5.27. The monoisotopic (exact) mass is 348 g/mol. The van der Waals surface area contributed by atoms with Gasteiger partial charge in [0.1, 0.15) is 0 Å². The van der Waals surface area contributed by atoms with E-state index in [-0.39, 0.29) is 15.6 Å². The van der Waals surface area contributed by atoms with Crippen LogP contribution in [0, 0.1) is 0 Å². The van der Waals surface area contributed by atoms with Gasteiger partial charge < -0.3 is 9.26 Å². The molecule has 6 heteroatoms. The highest BCUT2D eigenvalue weighted by atomic mass is 35.5. The minimum Gasteiger partial charge on any atom is -0.465 e. The Balaban J connectivity index is 3.03. The lowest BCUT2D eigenvalue weighted by molar-refractivity contribution is 0.0601. The van der Waals surface area contributed by atoms with Gasteiger partial charge >= 0.3 is 5.97 Å². The van der Waals surface area contributed by atoms with Gasteiger partial charge in [-0.05, 0) is 30.4 Å². The van der Waals surface area contributed by atoms with Gasteiger partial charge in [0, 0.05) is 12.3 Å². The summed E-state index contributed by atoms with van der Waals surface area (Å²) in [6.45, 7) is 6.89. The lowest BCUT2D eigenvalue weighted by Crippen LogP contribution is -2.03. The maximum atomic E-state index is 11.6. The first-order valence-electron chi connectivity index (χ1n) is 6.57. The fraction of sp³-hybridized carbons (Fsp3) is 0.400. The number of hydrogen-bond acceptors (Lipinski definition) is 3. The maximum Gasteiger partial charge on any atom is 0.340 e. The summed E-state index contributed by atoms with van der Waals surface area (Å²) in [6, 6.07) is 3.38. The van der Waals surface area contributed by atoms with Crippen LogP contribution in [0.2, 0.25) is 10.0 Å². The third-order valence-corrected chi connectivity index (χ3v) is 5.27. The van der Waals surface area contributed by atoms with Gasteiger partial charge in [-0.15, -0.1) is 0 Å². The van der Waals surface area contributed by atoms with E-state index in [1.807, 2.05) is 18.8 Å². The summed E-state index contributed by atoms with van der Waals surface area (Å²) in [6.07, 6.45) is 1.92. The van der Waals surface area contributed by atoms with Crippen molar-refractivity contribution in [1.29, 1.82) is 0 Å². The van der Waals surface area contributed by atoms with Crippen LogP contribution in [-0.4, -0.2) is 25.3 Å². The van der Waals surface area contributed by atoms with Crippen LogP contribution >= 0.6 is 31.4 Å². The molecule has 0 aliphatic rings. The van der Waals surface area contributed by atoms with Crippen molar-refractivity contribution < 1.29 is 14.1 Å². The summed E-state index contributed by atoms with van der Waals surface area (Å²) >= 11 is 12.2. The van der Waals surface area contributed by atoms with Gasteiger partial charge in [0.05, 0.1) is 30.9 Å². The minimum atomic E-state index is -0.644. The Morgan fingerprint density at radius 3 is 2.33 bits per heavy atom. The van der Waals surface area contributed by atoms with Crippen LogP contribution in [0.4, 0.5) is 0 Å². The summed E-state index contributed by atoms with van der Waals surface area (Å²) in [7, 11) is 0.648. The molecule has 3 nitrogen and oxygen atoms in total. The molecule has 0 amide bonds. The Labute approximate surface area is 137 Å². The number of carbonyl (C=O) groups excluding carboxylic acids is 1. The molecule has 1 aromatic rings. The molecule has 0 aromatic heterocycles. The van der Waals surface area contributed by atoms with Crippen molar-refractivity contribution in [2.75, 3.05) is 13.7 Å². The van der Waals surface area contributed by atoms with Crippen molar-refractivity contribution in [2.24, 2.45) is 0 Å². The van der Waals surface area contributed by atoms with Gasteiger partial charge in [0.25, 0.3) is 0 Å². The van der Waals surface area contributed by atoms with Crippen LogP contribution < -0.4 is 0 Å². The number of ether oxygens (including phenoxy) is 1. The first kappa shape index (κ1) is 18.4. The van der Waals surface area contributed by atoms with Crippen LogP contribution in [0.5, 0.6) is 0 Å². The Hall–Kier alpha value is -0.600. The molecule has 0 aliphatic heterocycles. The topological polar surface area (TPSA) is 35.5 Å². The molecule has 0 aliphatic carbocycles. The average Bonchev–Trinajstić information content (AvgIpc) is 2.42. The highest BCUT2D eigenvalue weighted by Gasteiger charge is 2.16. The van der Waals surface area contributed by atoms with Crippen LogP contribution in [0.15, 0.2) is 17.9 Å². The highest BCUT2D eigenvalue weighted by Crippen LogP contribution is 2.44. The van der Waals surface area contributed by atoms with E-state index >= 15 is 0 Å². The second kappa shape index (κ2) is 8.75. The Kier molecular flexibility index (Phi) is 7.69. The number of benzene rings is 1. The van der Waals surface area contributed by atoms with Crippen molar-refractivity contribution in [3.8, 4) is 0 Å². The SMILES string of the molecule is CCOP(/C=C/c1cc(Cl)c(C(=O)OC)c(Cl)c1)C(C)C. The molecule has 1 rings (SSSR count). The minimum absolute atomic E-state index is 0.189. The zero-order valence-corrected chi connectivity index (χ0v) is 14.9. The summed E-state index contributed by atoms with van der Waals surface area (Å²) in [5.41, 5.74) is 1.44. The lowest BCUT2D eigenvalue weighted by atomic mass is 10.1. The highest BCUT2D eigenvalue weighted by molar-refractivity contribution is 7.56.